The summed E-state index contributed by atoms with van der Waals surface area (Å²) in [5, 5.41) is 0. The highest BCUT2D eigenvalue weighted by molar-refractivity contribution is 8.09. The normalized spacial score (nSPS) is 23.6. The Kier molecular flexibility index (Phi) is 9.14. The van der Waals surface area contributed by atoms with Crippen molar-refractivity contribution in [2.24, 2.45) is 0 Å². The van der Waals surface area contributed by atoms with Crippen molar-refractivity contribution in [3.8, 4) is 0 Å². The van der Waals surface area contributed by atoms with Crippen LogP contribution in [0.15, 0.2) is 0 Å². The third-order valence-corrected chi connectivity index (χ3v) is 59.8. The van der Waals surface area contributed by atoms with Gasteiger partial charge in [0.25, 0.3) is 0 Å². The van der Waals surface area contributed by atoms with Gasteiger partial charge in [-0.15, -0.1) is 33.2 Å². The molecule has 20 heavy (non-hydrogen) atoms. The standard InChI is InChI=1S/C12H27Cl5Si3/c1-7-10(4)18(13,11(5)8-2)19(14,12(6)9-3)20(15,16)17/h10-12H,7-9H2,1-6H3. The second-order valence-electron chi connectivity index (χ2n) is 5.91. The third kappa shape index (κ3) is 3.77. The van der Waals surface area contributed by atoms with E-state index in [1.54, 1.807) is 0 Å². The van der Waals surface area contributed by atoms with E-state index in [0.29, 0.717) is 11.1 Å². The predicted octanol–water partition coefficient (Wildman–Crippen LogP) is 7.57. The molecular formula is C12H27Cl5Si3. The molecule has 0 heterocycles. The van der Waals surface area contributed by atoms with Gasteiger partial charge in [-0.25, -0.2) is 0 Å². The molecule has 4 atom stereocenters. The third-order valence-electron chi connectivity index (χ3n) is 4.92. The average Bonchev–Trinajstić information content (AvgIpc) is 2.40. The second-order valence-corrected chi connectivity index (χ2v) is 40.0. The van der Waals surface area contributed by atoms with Crippen LogP contribution < -0.4 is 0 Å². The van der Waals surface area contributed by atoms with Crippen LogP contribution in [-0.2, 0) is 0 Å². The molecule has 0 nitrogen and oxygen atoms in total. The monoisotopic (exact) mass is 430 g/mol. The SMILES string of the molecule is CCC(C)[Si](Cl)(C(C)CC)[Si](Cl)(C(C)CC)[Si](Cl)(Cl)Cl. The van der Waals surface area contributed by atoms with E-state index < -0.39 is 18.8 Å². The van der Waals surface area contributed by atoms with Crippen LogP contribution in [0.5, 0.6) is 0 Å². The molecule has 0 aromatic carbocycles. The summed E-state index contributed by atoms with van der Waals surface area (Å²) in [6.45, 7) is 10.6. The topological polar surface area (TPSA) is 0 Å². The molecule has 0 amide bonds. The van der Waals surface area contributed by atoms with Crippen LogP contribution in [0.2, 0.25) is 16.6 Å². The summed E-state index contributed by atoms with van der Waals surface area (Å²) >= 11 is 34.3. The van der Waals surface area contributed by atoms with Crippen molar-refractivity contribution in [3.63, 3.8) is 0 Å². The molecule has 0 saturated heterocycles. The Morgan fingerprint density at radius 1 is 0.650 bits per heavy atom. The highest BCUT2D eigenvalue weighted by atomic mass is 35.9. The molecule has 0 aliphatic heterocycles. The summed E-state index contributed by atoms with van der Waals surface area (Å²) in [6, 6.07) is 0. The molecule has 122 valence electrons. The lowest BCUT2D eigenvalue weighted by atomic mass is 10.4. The molecule has 0 spiro atoms. The first kappa shape index (κ1) is 22.1. The van der Waals surface area contributed by atoms with Gasteiger partial charge in [0.1, 0.15) is 0 Å². The number of hydrogen-bond acceptors (Lipinski definition) is 0. The zero-order valence-electron chi connectivity index (χ0n) is 13.2. The van der Waals surface area contributed by atoms with Crippen LogP contribution in [-0.4, -0.2) is 18.8 Å². The van der Waals surface area contributed by atoms with Crippen LogP contribution in [0.3, 0.4) is 0 Å². The van der Waals surface area contributed by atoms with Gasteiger partial charge >= 0.3 is 5.52 Å². The minimum atomic E-state index is -3.04. The van der Waals surface area contributed by atoms with Crippen LogP contribution in [0.4, 0.5) is 0 Å². The Hall–Kier alpha value is 2.10. The Morgan fingerprint density at radius 2 is 0.950 bits per heavy atom. The molecule has 4 unspecified atom stereocenters. The summed E-state index contributed by atoms with van der Waals surface area (Å²) < 4.78 is 0. The van der Waals surface area contributed by atoms with Crippen molar-refractivity contribution >= 4 is 74.2 Å². The summed E-state index contributed by atoms with van der Waals surface area (Å²) in [7, 11) is 0. The van der Waals surface area contributed by atoms with Crippen LogP contribution in [0.25, 0.3) is 0 Å². The predicted molar refractivity (Wildman–Crippen MR) is 106 cm³/mol. The van der Waals surface area contributed by atoms with E-state index in [9.17, 15) is 0 Å². The van der Waals surface area contributed by atoms with E-state index in [1.807, 2.05) is 0 Å². The molecule has 0 aliphatic carbocycles. The highest BCUT2D eigenvalue weighted by Crippen LogP contribution is 2.58. The lowest BCUT2D eigenvalue weighted by Gasteiger charge is -2.50. The van der Waals surface area contributed by atoms with Crippen molar-refractivity contribution in [3.05, 3.63) is 0 Å². The highest BCUT2D eigenvalue weighted by Gasteiger charge is 2.71. The number of hydrogen-bond donors (Lipinski definition) is 0. The Labute approximate surface area is 151 Å². The second kappa shape index (κ2) is 8.27. The Bertz CT molecular complexity index is 300. The molecule has 0 bridgehead atoms. The summed E-state index contributed by atoms with van der Waals surface area (Å²) in [6.07, 6.45) is 0.285. The molecular weight excluding hydrogens is 406 g/mol. The van der Waals surface area contributed by atoms with Crippen molar-refractivity contribution < 1.29 is 0 Å². The molecule has 0 aliphatic rings. The maximum Gasteiger partial charge on any atom is 0.340 e. The lowest BCUT2D eigenvalue weighted by Crippen LogP contribution is -2.71. The van der Waals surface area contributed by atoms with E-state index >= 15 is 0 Å². The molecule has 0 N–H and O–H groups in total. The number of halogens is 5. The zero-order chi connectivity index (χ0) is 16.4. The van der Waals surface area contributed by atoms with Gasteiger partial charge in [-0.2, -0.15) is 22.2 Å². The van der Waals surface area contributed by atoms with Crippen molar-refractivity contribution in [1.29, 1.82) is 0 Å². The van der Waals surface area contributed by atoms with Gasteiger partial charge in [0, 0.05) is 0 Å². The quantitative estimate of drug-likeness (QED) is 0.274. The maximum absolute atomic E-state index is 7.36. The van der Waals surface area contributed by atoms with Crippen molar-refractivity contribution in [2.75, 3.05) is 0 Å². The van der Waals surface area contributed by atoms with Gasteiger partial charge in [-0.3, -0.25) is 0 Å². The van der Waals surface area contributed by atoms with E-state index in [2.05, 4.69) is 41.5 Å². The van der Waals surface area contributed by atoms with E-state index in [1.165, 1.54) is 0 Å². The van der Waals surface area contributed by atoms with Gasteiger partial charge in [0.05, 0.1) is 0 Å². The van der Waals surface area contributed by atoms with Gasteiger partial charge in [0.15, 0.2) is 6.90 Å². The van der Waals surface area contributed by atoms with Gasteiger partial charge in [-0.1, -0.05) is 60.8 Å². The Balaban J connectivity index is 6.17. The van der Waals surface area contributed by atoms with Gasteiger partial charge < -0.3 is 0 Å². The van der Waals surface area contributed by atoms with Gasteiger partial charge in [-0.05, 0) is 16.6 Å². The summed E-state index contributed by atoms with van der Waals surface area (Å²) in [5.41, 5.74) is -2.04. The van der Waals surface area contributed by atoms with E-state index in [0.717, 1.165) is 19.3 Å². The molecule has 0 radical (unpaired) electrons. The fraction of sp³-hybridized carbons (Fsp3) is 1.00. The lowest BCUT2D eigenvalue weighted by molar-refractivity contribution is 0.780. The first-order valence-corrected chi connectivity index (χ1v) is 20.7. The van der Waals surface area contributed by atoms with Crippen LogP contribution >= 0.6 is 55.4 Å². The fourth-order valence-electron chi connectivity index (χ4n) is 2.95. The first-order valence-electron chi connectivity index (χ1n) is 7.39. The summed E-state index contributed by atoms with van der Waals surface area (Å²) in [4.78, 5) is 0. The minimum absolute atomic E-state index is 0.246. The summed E-state index contributed by atoms with van der Waals surface area (Å²) in [5.74, 6) is 0. The molecule has 0 fully saturated rings. The molecule has 0 rings (SSSR count). The number of rotatable bonds is 8. The smallest absolute Gasteiger partial charge is 0.169 e. The average molecular weight is 433 g/mol. The zero-order valence-corrected chi connectivity index (χ0v) is 20.0. The Morgan fingerprint density at radius 3 is 1.15 bits per heavy atom. The van der Waals surface area contributed by atoms with E-state index in [-0.39, 0.29) is 5.54 Å². The van der Waals surface area contributed by atoms with Crippen LogP contribution in [0.1, 0.15) is 60.8 Å². The van der Waals surface area contributed by atoms with Crippen molar-refractivity contribution in [1.82, 2.24) is 0 Å². The largest absolute Gasteiger partial charge is 0.340 e. The molecule has 0 aromatic rings. The van der Waals surface area contributed by atoms with Crippen LogP contribution in [0, 0.1) is 0 Å². The minimum Gasteiger partial charge on any atom is -0.169 e. The molecule has 8 heteroatoms. The maximum atomic E-state index is 7.36. The van der Waals surface area contributed by atoms with Crippen molar-refractivity contribution in [2.45, 2.75) is 77.4 Å². The van der Waals surface area contributed by atoms with E-state index in [4.69, 9.17) is 55.4 Å². The first-order chi connectivity index (χ1) is 8.94. The van der Waals surface area contributed by atoms with Gasteiger partial charge in [0.2, 0.25) is 6.42 Å². The molecule has 0 aromatic heterocycles. The fourth-order valence-corrected chi connectivity index (χ4v) is 61.1. The molecule has 0 saturated carbocycles.